The lowest BCUT2D eigenvalue weighted by Gasteiger charge is -2.40. The van der Waals surface area contributed by atoms with Crippen LogP contribution in [0.3, 0.4) is 0 Å². The zero-order chi connectivity index (χ0) is 12.5. The smallest absolute Gasteiger partial charge is 0.180 e. The van der Waals surface area contributed by atoms with Gasteiger partial charge in [-0.05, 0) is 38.3 Å². The number of aromatic nitrogens is 1. The number of anilines is 1. The van der Waals surface area contributed by atoms with Crippen LogP contribution < -0.4 is 10.6 Å². The average Bonchev–Trinajstić information content (AvgIpc) is 2.82. The van der Waals surface area contributed by atoms with Crippen LogP contribution in [0.25, 0.3) is 11.0 Å². The predicted molar refractivity (Wildman–Crippen MR) is 72.6 cm³/mol. The Morgan fingerprint density at radius 3 is 3.06 bits per heavy atom. The summed E-state index contributed by atoms with van der Waals surface area (Å²) in [5.41, 5.74) is 6.75. The molecule has 2 atom stereocenters. The summed E-state index contributed by atoms with van der Waals surface area (Å²) in [6.07, 6.45) is 3.58. The van der Waals surface area contributed by atoms with E-state index >= 15 is 0 Å². The van der Waals surface area contributed by atoms with E-state index in [1.165, 1.54) is 12.8 Å². The summed E-state index contributed by atoms with van der Waals surface area (Å²) in [4.78, 5) is 2.34. The van der Waals surface area contributed by atoms with Crippen molar-refractivity contribution in [2.24, 2.45) is 5.73 Å². The minimum Gasteiger partial charge on any atom is -0.354 e. The van der Waals surface area contributed by atoms with Gasteiger partial charge < -0.3 is 15.2 Å². The zero-order valence-corrected chi connectivity index (χ0v) is 10.7. The summed E-state index contributed by atoms with van der Waals surface area (Å²) in [5, 5.41) is 5.35. The Morgan fingerprint density at radius 1 is 1.39 bits per heavy atom. The van der Waals surface area contributed by atoms with Gasteiger partial charge >= 0.3 is 0 Å². The highest BCUT2D eigenvalue weighted by molar-refractivity contribution is 5.88. The van der Waals surface area contributed by atoms with Crippen molar-refractivity contribution in [1.29, 1.82) is 0 Å². The van der Waals surface area contributed by atoms with Crippen molar-refractivity contribution in [3.05, 3.63) is 24.3 Å². The molecule has 2 aromatic rings. The molecule has 4 nitrogen and oxygen atoms in total. The number of rotatable bonds is 2. The highest BCUT2D eigenvalue weighted by atomic mass is 16.5. The van der Waals surface area contributed by atoms with Crippen molar-refractivity contribution >= 4 is 16.8 Å². The molecule has 0 amide bonds. The number of hydrogen-bond acceptors (Lipinski definition) is 4. The minimum atomic E-state index is 0.377. The molecule has 1 aromatic carbocycles. The molecule has 0 spiro atoms. The minimum absolute atomic E-state index is 0.377. The molecule has 1 aromatic heterocycles. The Kier molecular flexibility index (Phi) is 2.96. The number of benzene rings is 1. The lowest BCUT2D eigenvalue weighted by atomic mass is 9.96. The standard InChI is InChI=1S/C14H19N3O/c1-10-5-4-6-11(9-15)17(10)14-12-7-2-3-8-13(12)18-16-14/h2-3,7-8,10-11H,4-6,9,15H2,1H3. The number of nitrogens with two attached hydrogens (primary N) is 1. The fraction of sp³-hybridized carbons (Fsp3) is 0.500. The molecule has 0 radical (unpaired) electrons. The SMILES string of the molecule is CC1CCCC(CN)N1c1noc2ccccc12. The third-order valence-electron chi connectivity index (χ3n) is 3.90. The van der Waals surface area contributed by atoms with Crippen LogP contribution in [0.1, 0.15) is 26.2 Å². The Morgan fingerprint density at radius 2 is 2.22 bits per heavy atom. The van der Waals surface area contributed by atoms with Gasteiger partial charge in [0.1, 0.15) is 0 Å². The molecule has 1 aliphatic rings. The van der Waals surface area contributed by atoms with E-state index in [1.54, 1.807) is 0 Å². The Balaban J connectivity index is 2.06. The van der Waals surface area contributed by atoms with Crippen LogP contribution in [0.2, 0.25) is 0 Å². The fourth-order valence-electron chi connectivity index (χ4n) is 2.96. The van der Waals surface area contributed by atoms with Gasteiger partial charge in [-0.3, -0.25) is 0 Å². The summed E-state index contributed by atoms with van der Waals surface area (Å²) in [6, 6.07) is 8.86. The summed E-state index contributed by atoms with van der Waals surface area (Å²) < 4.78 is 5.41. The van der Waals surface area contributed by atoms with Crippen molar-refractivity contribution in [3.8, 4) is 0 Å². The normalized spacial score (nSPS) is 24.7. The molecule has 0 bridgehead atoms. The van der Waals surface area contributed by atoms with Crippen LogP contribution in [0, 0.1) is 0 Å². The van der Waals surface area contributed by atoms with Gasteiger partial charge in [0, 0.05) is 18.6 Å². The molecule has 2 N–H and O–H groups in total. The average molecular weight is 245 g/mol. The molecular formula is C14H19N3O. The van der Waals surface area contributed by atoms with Gasteiger partial charge in [-0.15, -0.1) is 0 Å². The first-order valence-electron chi connectivity index (χ1n) is 6.64. The van der Waals surface area contributed by atoms with E-state index in [9.17, 15) is 0 Å². The molecule has 3 rings (SSSR count). The van der Waals surface area contributed by atoms with Crippen molar-refractivity contribution < 1.29 is 4.52 Å². The number of piperidine rings is 1. The van der Waals surface area contributed by atoms with Gasteiger partial charge in [-0.1, -0.05) is 17.3 Å². The Hall–Kier alpha value is -1.55. The maximum Gasteiger partial charge on any atom is 0.180 e. The van der Waals surface area contributed by atoms with E-state index in [0.717, 1.165) is 23.2 Å². The van der Waals surface area contributed by atoms with Gasteiger partial charge in [-0.2, -0.15) is 0 Å². The third-order valence-corrected chi connectivity index (χ3v) is 3.90. The maximum atomic E-state index is 5.91. The topological polar surface area (TPSA) is 55.3 Å². The van der Waals surface area contributed by atoms with Crippen molar-refractivity contribution in [2.45, 2.75) is 38.3 Å². The van der Waals surface area contributed by atoms with Gasteiger partial charge in [-0.25, -0.2) is 0 Å². The van der Waals surface area contributed by atoms with E-state index < -0.39 is 0 Å². The predicted octanol–water partition coefficient (Wildman–Crippen LogP) is 2.53. The number of fused-ring (bicyclic) bond motifs is 1. The summed E-state index contributed by atoms with van der Waals surface area (Å²) in [7, 11) is 0. The highest BCUT2D eigenvalue weighted by Crippen LogP contribution is 2.33. The third kappa shape index (κ3) is 1.77. The first-order chi connectivity index (χ1) is 8.81. The second-order valence-corrected chi connectivity index (χ2v) is 5.08. The lowest BCUT2D eigenvalue weighted by Crippen LogP contribution is -2.49. The molecule has 0 aliphatic carbocycles. The summed E-state index contributed by atoms with van der Waals surface area (Å²) in [5.74, 6) is 0.952. The molecule has 1 fully saturated rings. The summed E-state index contributed by atoms with van der Waals surface area (Å²) >= 11 is 0. The van der Waals surface area contributed by atoms with Crippen molar-refractivity contribution in [2.75, 3.05) is 11.4 Å². The molecule has 2 heterocycles. The van der Waals surface area contributed by atoms with Crippen LogP contribution in [-0.4, -0.2) is 23.8 Å². The zero-order valence-electron chi connectivity index (χ0n) is 10.7. The quantitative estimate of drug-likeness (QED) is 0.883. The lowest BCUT2D eigenvalue weighted by molar-refractivity contribution is 0.383. The van der Waals surface area contributed by atoms with Crippen LogP contribution in [0.4, 0.5) is 5.82 Å². The molecule has 1 saturated heterocycles. The van der Waals surface area contributed by atoms with E-state index in [0.29, 0.717) is 18.6 Å². The molecule has 2 unspecified atom stereocenters. The van der Waals surface area contributed by atoms with E-state index in [4.69, 9.17) is 10.3 Å². The summed E-state index contributed by atoms with van der Waals surface area (Å²) in [6.45, 7) is 2.91. The van der Waals surface area contributed by atoms with E-state index in [-0.39, 0.29) is 0 Å². The first kappa shape index (κ1) is 11.5. The largest absolute Gasteiger partial charge is 0.354 e. The van der Waals surface area contributed by atoms with Crippen LogP contribution >= 0.6 is 0 Å². The molecule has 18 heavy (non-hydrogen) atoms. The van der Waals surface area contributed by atoms with E-state index in [1.807, 2.05) is 18.2 Å². The molecule has 1 aliphatic heterocycles. The number of hydrogen-bond donors (Lipinski definition) is 1. The molecular weight excluding hydrogens is 226 g/mol. The van der Waals surface area contributed by atoms with Crippen molar-refractivity contribution in [1.82, 2.24) is 5.16 Å². The maximum absolute atomic E-state index is 5.91. The monoisotopic (exact) mass is 245 g/mol. The second kappa shape index (κ2) is 4.61. The Bertz CT molecular complexity index is 537. The van der Waals surface area contributed by atoms with Crippen LogP contribution in [0.15, 0.2) is 28.8 Å². The second-order valence-electron chi connectivity index (χ2n) is 5.08. The van der Waals surface area contributed by atoms with Gasteiger partial charge in [0.15, 0.2) is 11.4 Å². The molecule has 4 heteroatoms. The molecule has 0 saturated carbocycles. The number of nitrogens with zero attached hydrogens (tertiary/aromatic N) is 2. The number of para-hydroxylation sites is 1. The van der Waals surface area contributed by atoms with Gasteiger partial charge in [0.05, 0.1) is 5.39 Å². The first-order valence-corrected chi connectivity index (χ1v) is 6.64. The van der Waals surface area contributed by atoms with E-state index in [2.05, 4.69) is 23.0 Å². The van der Waals surface area contributed by atoms with Crippen LogP contribution in [0.5, 0.6) is 0 Å². The van der Waals surface area contributed by atoms with Gasteiger partial charge in [0.25, 0.3) is 0 Å². The highest BCUT2D eigenvalue weighted by Gasteiger charge is 2.30. The van der Waals surface area contributed by atoms with Crippen molar-refractivity contribution in [3.63, 3.8) is 0 Å². The fourth-order valence-corrected chi connectivity index (χ4v) is 2.96. The van der Waals surface area contributed by atoms with Crippen LogP contribution in [-0.2, 0) is 0 Å². The Labute approximate surface area is 107 Å². The van der Waals surface area contributed by atoms with Gasteiger partial charge in [0.2, 0.25) is 0 Å². The molecule has 96 valence electrons.